The molecule has 2 rings (SSSR count). The van der Waals surface area contributed by atoms with Gasteiger partial charge in [-0.2, -0.15) is 0 Å². The maximum absolute atomic E-state index is 11.2. The van der Waals surface area contributed by atoms with E-state index in [1.807, 2.05) is 31.2 Å². The van der Waals surface area contributed by atoms with Crippen molar-refractivity contribution in [2.24, 2.45) is 0 Å². The predicted molar refractivity (Wildman–Crippen MR) is 85.1 cm³/mol. The topological polar surface area (TPSA) is 62.2 Å². The van der Waals surface area contributed by atoms with Crippen LogP contribution in [0.3, 0.4) is 0 Å². The fourth-order valence-electron chi connectivity index (χ4n) is 1.76. The fourth-order valence-corrected chi connectivity index (χ4v) is 2.35. The van der Waals surface area contributed by atoms with Crippen LogP contribution in [-0.4, -0.2) is 16.1 Å². The Kier molecular flexibility index (Phi) is 4.77. The first kappa shape index (κ1) is 15.0. The molecular formula is C14H12Br2N2O2. The Labute approximate surface area is 133 Å². The molecular weight excluding hydrogens is 388 g/mol. The minimum Gasteiger partial charge on any atom is -0.478 e. The van der Waals surface area contributed by atoms with Gasteiger partial charge < -0.3 is 10.4 Å². The van der Waals surface area contributed by atoms with Crippen LogP contribution >= 0.6 is 31.9 Å². The number of nitrogens with one attached hydrogen (secondary N) is 1. The van der Waals surface area contributed by atoms with E-state index in [9.17, 15) is 9.90 Å². The molecule has 104 valence electrons. The summed E-state index contributed by atoms with van der Waals surface area (Å²) in [5, 5.41) is 12.3. The van der Waals surface area contributed by atoms with Crippen LogP contribution in [0.25, 0.3) is 0 Å². The molecule has 1 aromatic heterocycles. The summed E-state index contributed by atoms with van der Waals surface area (Å²) < 4.78 is 1.64. The van der Waals surface area contributed by atoms with E-state index in [1.54, 1.807) is 6.20 Å². The monoisotopic (exact) mass is 398 g/mol. The second-order valence-corrected chi connectivity index (χ2v) is 6.10. The third kappa shape index (κ3) is 3.58. The maximum atomic E-state index is 11.2. The molecule has 1 aromatic carbocycles. The van der Waals surface area contributed by atoms with Gasteiger partial charge in [0, 0.05) is 21.2 Å². The van der Waals surface area contributed by atoms with Crippen molar-refractivity contribution in [3.8, 4) is 0 Å². The number of rotatable bonds is 4. The zero-order valence-electron chi connectivity index (χ0n) is 10.6. The number of hydrogen-bond donors (Lipinski definition) is 2. The van der Waals surface area contributed by atoms with E-state index < -0.39 is 5.97 Å². The van der Waals surface area contributed by atoms with Gasteiger partial charge in [0.1, 0.15) is 11.4 Å². The molecule has 0 aliphatic carbocycles. The number of aromatic carboxylic acids is 1. The molecule has 0 amide bonds. The van der Waals surface area contributed by atoms with E-state index in [-0.39, 0.29) is 11.6 Å². The highest BCUT2D eigenvalue weighted by Crippen LogP contribution is 2.24. The van der Waals surface area contributed by atoms with Crippen LogP contribution in [-0.2, 0) is 0 Å². The molecule has 0 fully saturated rings. The normalized spacial score (nSPS) is 11.9. The minimum absolute atomic E-state index is 0.0464. The first-order chi connectivity index (χ1) is 9.47. The highest BCUT2D eigenvalue weighted by atomic mass is 79.9. The van der Waals surface area contributed by atoms with Gasteiger partial charge in [0.2, 0.25) is 0 Å². The van der Waals surface area contributed by atoms with Gasteiger partial charge in [-0.25, -0.2) is 9.78 Å². The molecule has 0 spiro atoms. The van der Waals surface area contributed by atoms with Crippen molar-refractivity contribution in [1.82, 2.24) is 4.98 Å². The summed E-state index contributed by atoms with van der Waals surface area (Å²) >= 11 is 6.61. The quantitative estimate of drug-likeness (QED) is 0.795. The number of hydrogen-bond acceptors (Lipinski definition) is 3. The number of anilines is 1. The summed E-state index contributed by atoms with van der Waals surface area (Å²) in [6, 6.07) is 9.32. The highest BCUT2D eigenvalue weighted by Gasteiger charge is 2.14. The van der Waals surface area contributed by atoms with Gasteiger partial charge in [0.15, 0.2) is 0 Å². The Morgan fingerprint density at radius 1 is 1.25 bits per heavy atom. The summed E-state index contributed by atoms with van der Waals surface area (Å²) in [5.74, 6) is -0.652. The second kappa shape index (κ2) is 6.37. The first-order valence-corrected chi connectivity index (χ1v) is 7.47. The lowest BCUT2D eigenvalue weighted by Crippen LogP contribution is -2.12. The van der Waals surface area contributed by atoms with Gasteiger partial charge in [-0.15, -0.1) is 0 Å². The summed E-state index contributed by atoms with van der Waals surface area (Å²) in [6.45, 7) is 1.96. The predicted octanol–water partition coefficient (Wildman–Crippen LogP) is 4.48. The third-order valence-electron chi connectivity index (χ3n) is 2.81. The van der Waals surface area contributed by atoms with Crippen LogP contribution in [0.1, 0.15) is 28.9 Å². The van der Waals surface area contributed by atoms with Crippen LogP contribution in [0.4, 0.5) is 5.82 Å². The van der Waals surface area contributed by atoms with E-state index >= 15 is 0 Å². The summed E-state index contributed by atoms with van der Waals surface area (Å²) in [6.07, 6.45) is 1.57. The molecule has 0 aliphatic heterocycles. The molecule has 0 radical (unpaired) electrons. The number of carbonyl (C=O) groups is 1. The average molecular weight is 400 g/mol. The SMILES string of the molecule is CC(Nc1ncc(Br)cc1C(=O)O)c1ccc(Br)cc1. The molecule has 0 bridgehead atoms. The van der Waals surface area contributed by atoms with Crippen LogP contribution in [0.2, 0.25) is 0 Å². The Hall–Kier alpha value is -1.40. The number of nitrogens with zero attached hydrogens (tertiary/aromatic N) is 1. The summed E-state index contributed by atoms with van der Waals surface area (Å²) in [7, 11) is 0. The Bertz CT molecular complexity index is 630. The lowest BCUT2D eigenvalue weighted by Gasteiger charge is -2.16. The number of benzene rings is 1. The van der Waals surface area contributed by atoms with Crippen LogP contribution in [0.15, 0.2) is 45.5 Å². The van der Waals surface area contributed by atoms with E-state index in [0.29, 0.717) is 10.3 Å². The average Bonchev–Trinajstić information content (AvgIpc) is 2.41. The van der Waals surface area contributed by atoms with E-state index in [2.05, 4.69) is 42.2 Å². The van der Waals surface area contributed by atoms with Crippen molar-refractivity contribution in [3.05, 3.63) is 56.6 Å². The van der Waals surface area contributed by atoms with Gasteiger partial charge in [-0.3, -0.25) is 0 Å². The molecule has 2 aromatic rings. The Balaban J connectivity index is 2.25. The molecule has 0 aliphatic rings. The molecule has 2 N–H and O–H groups in total. The van der Waals surface area contributed by atoms with E-state index in [0.717, 1.165) is 10.0 Å². The van der Waals surface area contributed by atoms with Crippen molar-refractivity contribution < 1.29 is 9.90 Å². The molecule has 4 nitrogen and oxygen atoms in total. The van der Waals surface area contributed by atoms with Crippen LogP contribution < -0.4 is 5.32 Å². The molecule has 6 heteroatoms. The second-order valence-electron chi connectivity index (χ2n) is 4.27. The smallest absolute Gasteiger partial charge is 0.339 e. The van der Waals surface area contributed by atoms with Crippen molar-refractivity contribution in [2.45, 2.75) is 13.0 Å². The lowest BCUT2D eigenvalue weighted by molar-refractivity contribution is 0.0697. The zero-order chi connectivity index (χ0) is 14.7. The minimum atomic E-state index is -1.01. The van der Waals surface area contributed by atoms with Crippen LogP contribution in [0.5, 0.6) is 0 Å². The Morgan fingerprint density at radius 3 is 2.50 bits per heavy atom. The number of halogens is 2. The van der Waals surface area contributed by atoms with Crippen LogP contribution in [0, 0.1) is 0 Å². The molecule has 0 saturated heterocycles. The van der Waals surface area contributed by atoms with E-state index in [4.69, 9.17) is 0 Å². The van der Waals surface area contributed by atoms with Gasteiger partial charge >= 0.3 is 5.97 Å². The molecule has 0 saturated carbocycles. The number of carboxylic acids is 1. The van der Waals surface area contributed by atoms with Crippen molar-refractivity contribution in [2.75, 3.05) is 5.32 Å². The zero-order valence-corrected chi connectivity index (χ0v) is 13.8. The lowest BCUT2D eigenvalue weighted by atomic mass is 10.1. The number of aromatic nitrogens is 1. The molecule has 1 atom stereocenters. The number of pyridine rings is 1. The standard InChI is InChI=1S/C14H12Br2N2O2/c1-8(9-2-4-10(15)5-3-9)18-13-12(14(19)20)6-11(16)7-17-13/h2-8H,1H3,(H,17,18)(H,19,20). The Morgan fingerprint density at radius 2 is 1.90 bits per heavy atom. The van der Waals surface area contributed by atoms with Gasteiger partial charge in [0.25, 0.3) is 0 Å². The third-order valence-corrected chi connectivity index (χ3v) is 3.77. The first-order valence-electron chi connectivity index (χ1n) is 5.88. The fraction of sp³-hybridized carbons (Fsp3) is 0.143. The van der Waals surface area contributed by atoms with Crippen molar-refractivity contribution in [3.63, 3.8) is 0 Å². The van der Waals surface area contributed by atoms with Gasteiger partial charge in [-0.1, -0.05) is 28.1 Å². The molecule has 1 unspecified atom stereocenters. The highest BCUT2D eigenvalue weighted by molar-refractivity contribution is 9.10. The van der Waals surface area contributed by atoms with Gasteiger partial charge in [-0.05, 0) is 46.6 Å². The number of carboxylic acid groups (broad SMARTS) is 1. The summed E-state index contributed by atoms with van der Waals surface area (Å²) in [5.41, 5.74) is 1.19. The van der Waals surface area contributed by atoms with Crippen molar-refractivity contribution in [1.29, 1.82) is 0 Å². The van der Waals surface area contributed by atoms with E-state index in [1.165, 1.54) is 6.07 Å². The van der Waals surface area contributed by atoms with Gasteiger partial charge in [0.05, 0.1) is 0 Å². The largest absolute Gasteiger partial charge is 0.478 e. The molecule has 20 heavy (non-hydrogen) atoms. The summed E-state index contributed by atoms with van der Waals surface area (Å²) in [4.78, 5) is 15.4. The maximum Gasteiger partial charge on any atom is 0.339 e. The molecule has 1 heterocycles. The van der Waals surface area contributed by atoms with Crippen molar-refractivity contribution >= 4 is 43.6 Å².